The van der Waals surface area contributed by atoms with Gasteiger partial charge in [-0.05, 0) is 53.6 Å². The van der Waals surface area contributed by atoms with Crippen molar-refractivity contribution in [2.75, 3.05) is 27.4 Å². The van der Waals surface area contributed by atoms with Crippen molar-refractivity contribution in [2.24, 2.45) is 0 Å². The molecule has 0 radical (unpaired) electrons. The van der Waals surface area contributed by atoms with Gasteiger partial charge in [-0.2, -0.15) is 0 Å². The van der Waals surface area contributed by atoms with Crippen molar-refractivity contribution in [3.63, 3.8) is 0 Å². The van der Waals surface area contributed by atoms with Gasteiger partial charge in [-0.15, -0.1) is 0 Å². The standard InChI is InChI=1S/C24H22ClF2NO3/c1-29-22-6-4-18(25)12-19(22)16-10-17-14-28(7-8-31-24(17)23(11-16)30-2)13-15-3-5-20(26)21(27)9-15/h3-6,9-12H,7-8,13-14H2,1-2H3. The lowest BCUT2D eigenvalue weighted by molar-refractivity contribution is 0.216. The highest BCUT2D eigenvalue weighted by Gasteiger charge is 2.22. The third-order valence-corrected chi connectivity index (χ3v) is 5.50. The highest BCUT2D eigenvalue weighted by molar-refractivity contribution is 6.31. The van der Waals surface area contributed by atoms with E-state index >= 15 is 0 Å². The average Bonchev–Trinajstić information content (AvgIpc) is 2.97. The topological polar surface area (TPSA) is 30.9 Å². The molecule has 3 aromatic rings. The van der Waals surface area contributed by atoms with Gasteiger partial charge in [-0.1, -0.05) is 17.7 Å². The molecule has 1 aliphatic heterocycles. The second kappa shape index (κ2) is 9.12. The zero-order valence-electron chi connectivity index (χ0n) is 17.3. The van der Waals surface area contributed by atoms with E-state index in [2.05, 4.69) is 4.90 Å². The van der Waals surface area contributed by atoms with Gasteiger partial charge in [0.05, 0.1) is 14.2 Å². The third kappa shape index (κ3) is 4.60. The van der Waals surface area contributed by atoms with Gasteiger partial charge in [0.2, 0.25) is 0 Å². The first kappa shape index (κ1) is 21.4. The van der Waals surface area contributed by atoms with Crippen molar-refractivity contribution in [1.29, 1.82) is 0 Å². The zero-order valence-corrected chi connectivity index (χ0v) is 18.0. The van der Waals surface area contributed by atoms with E-state index in [0.29, 0.717) is 54.1 Å². The molecule has 0 aromatic heterocycles. The SMILES string of the molecule is COc1ccc(Cl)cc1-c1cc2c(c(OC)c1)OCCN(Cc1ccc(F)c(F)c1)C2. The summed E-state index contributed by atoms with van der Waals surface area (Å²) in [6, 6.07) is 13.3. The Kier molecular flexibility index (Phi) is 6.30. The maximum absolute atomic E-state index is 13.6. The quantitative estimate of drug-likeness (QED) is 0.504. The van der Waals surface area contributed by atoms with Crippen molar-refractivity contribution < 1.29 is 23.0 Å². The minimum absolute atomic E-state index is 0.451. The number of ether oxygens (including phenoxy) is 3. The lowest BCUT2D eigenvalue weighted by Crippen LogP contribution is -2.25. The van der Waals surface area contributed by atoms with Gasteiger partial charge in [0.15, 0.2) is 23.1 Å². The second-order valence-corrected chi connectivity index (χ2v) is 7.76. The molecule has 0 unspecified atom stereocenters. The lowest BCUT2D eigenvalue weighted by Gasteiger charge is -2.20. The number of nitrogens with zero attached hydrogens (tertiary/aromatic N) is 1. The van der Waals surface area contributed by atoms with Crippen LogP contribution in [-0.4, -0.2) is 32.3 Å². The molecule has 4 rings (SSSR count). The molecule has 0 amide bonds. The molecule has 0 saturated heterocycles. The molecule has 3 aromatic carbocycles. The van der Waals surface area contributed by atoms with Gasteiger partial charge in [0, 0.05) is 35.8 Å². The van der Waals surface area contributed by atoms with Crippen LogP contribution in [0.2, 0.25) is 5.02 Å². The molecule has 31 heavy (non-hydrogen) atoms. The predicted octanol–water partition coefficient (Wildman–Crippen LogP) is 5.70. The fraction of sp³-hybridized carbons (Fsp3) is 0.250. The Bertz CT molecular complexity index is 1110. The second-order valence-electron chi connectivity index (χ2n) is 7.32. The van der Waals surface area contributed by atoms with E-state index in [9.17, 15) is 8.78 Å². The van der Waals surface area contributed by atoms with Gasteiger partial charge in [-0.3, -0.25) is 4.90 Å². The highest BCUT2D eigenvalue weighted by Crippen LogP contribution is 2.41. The minimum Gasteiger partial charge on any atom is -0.496 e. The first-order valence-electron chi connectivity index (χ1n) is 9.82. The minimum atomic E-state index is -0.849. The van der Waals surface area contributed by atoms with E-state index in [-0.39, 0.29) is 0 Å². The van der Waals surface area contributed by atoms with Crippen molar-refractivity contribution in [3.05, 3.63) is 76.3 Å². The predicted molar refractivity (Wildman–Crippen MR) is 116 cm³/mol. The molecular weight excluding hydrogens is 424 g/mol. The molecule has 1 heterocycles. The monoisotopic (exact) mass is 445 g/mol. The van der Waals surface area contributed by atoms with Crippen molar-refractivity contribution >= 4 is 11.6 Å². The van der Waals surface area contributed by atoms with Crippen LogP contribution in [0.4, 0.5) is 8.78 Å². The summed E-state index contributed by atoms with van der Waals surface area (Å²) < 4.78 is 44.0. The molecule has 162 valence electrons. The van der Waals surface area contributed by atoms with E-state index in [4.69, 9.17) is 25.8 Å². The van der Waals surface area contributed by atoms with E-state index in [0.717, 1.165) is 22.8 Å². The number of benzene rings is 3. The van der Waals surface area contributed by atoms with Crippen LogP contribution < -0.4 is 14.2 Å². The lowest BCUT2D eigenvalue weighted by atomic mass is 10.00. The molecule has 0 aliphatic carbocycles. The van der Waals surface area contributed by atoms with Crippen LogP contribution in [0.25, 0.3) is 11.1 Å². The van der Waals surface area contributed by atoms with Crippen molar-refractivity contribution in [2.45, 2.75) is 13.1 Å². The molecule has 0 spiro atoms. The van der Waals surface area contributed by atoms with E-state index in [1.54, 1.807) is 26.4 Å². The Balaban J connectivity index is 1.70. The van der Waals surface area contributed by atoms with Crippen LogP contribution >= 0.6 is 11.6 Å². The van der Waals surface area contributed by atoms with Gasteiger partial charge >= 0.3 is 0 Å². The number of fused-ring (bicyclic) bond motifs is 1. The zero-order chi connectivity index (χ0) is 22.0. The number of halogens is 3. The maximum Gasteiger partial charge on any atom is 0.165 e. The van der Waals surface area contributed by atoms with Crippen LogP contribution in [0, 0.1) is 11.6 Å². The summed E-state index contributed by atoms with van der Waals surface area (Å²) >= 11 is 6.23. The fourth-order valence-electron chi connectivity index (χ4n) is 3.78. The molecule has 1 aliphatic rings. The summed E-state index contributed by atoms with van der Waals surface area (Å²) in [6.07, 6.45) is 0. The molecule has 0 N–H and O–H groups in total. The number of methoxy groups -OCH3 is 2. The van der Waals surface area contributed by atoms with Crippen LogP contribution in [0.1, 0.15) is 11.1 Å². The van der Waals surface area contributed by atoms with E-state index in [1.807, 2.05) is 24.3 Å². The van der Waals surface area contributed by atoms with Crippen LogP contribution in [0.3, 0.4) is 0 Å². The molecule has 0 saturated carbocycles. The Morgan fingerprint density at radius 3 is 2.52 bits per heavy atom. The van der Waals surface area contributed by atoms with Gasteiger partial charge in [0.25, 0.3) is 0 Å². The average molecular weight is 446 g/mol. The van der Waals surface area contributed by atoms with Crippen LogP contribution in [0.5, 0.6) is 17.2 Å². The van der Waals surface area contributed by atoms with Gasteiger partial charge < -0.3 is 14.2 Å². The normalized spacial score (nSPS) is 13.8. The fourth-order valence-corrected chi connectivity index (χ4v) is 3.95. The Morgan fingerprint density at radius 1 is 0.968 bits per heavy atom. The third-order valence-electron chi connectivity index (χ3n) is 5.26. The number of rotatable bonds is 5. The Labute approximate surface area is 184 Å². The Morgan fingerprint density at radius 2 is 1.77 bits per heavy atom. The molecular formula is C24H22ClF2NO3. The maximum atomic E-state index is 13.6. The summed E-state index contributed by atoms with van der Waals surface area (Å²) in [5, 5.41) is 0.598. The molecule has 0 bridgehead atoms. The van der Waals surface area contributed by atoms with Crippen molar-refractivity contribution in [1.82, 2.24) is 4.90 Å². The van der Waals surface area contributed by atoms with E-state index < -0.39 is 11.6 Å². The van der Waals surface area contributed by atoms with Gasteiger partial charge in [0.1, 0.15) is 12.4 Å². The molecule has 0 fully saturated rings. The first-order valence-corrected chi connectivity index (χ1v) is 10.2. The summed E-state index contributed by atoms with van der Waals surface area (Å²) in [5.74, 6) is 0.294. The largest absolute Gasteiger partial charge is 0.496 e. The molecule has 0 atom stereocenters. The highest BCUT2D eigenvalue weighted by atomic mass is 35.5. The summed E-state index contributed by atoms with van der Waals surface area (Å²) in [6.45, 7) is 2.11. The van der Waals surface area contributed by atoms with Crippen molar-refractivity contribution in [3.8, 4) is 28.4 Å². The summed E-state index contributed by atoms with van der Waals surface area (Å²) in [4.78, 5) is 2.12. The number of hydrogen-bond donors (Lipinski definition) is 0. The smallest absolute Gasteiger partial charge is 0.165 e. The summed E-state index contributed by atoms with van der Waals surface area (Å²) in [5.41, 5.74) is 3.35. The van der Waals surface area contributed by atoms with E-state index in [1.165, 1.54) is 6.07 Å². The first-order chi connectivity index (χ1) is 15.0. The molecule has 4 nitrogen and oxygen atoms in total. The Hall–Kier alpha value is -2.83. The summed E-state index contributed by atoms with van der Waals surface area (Å²) in [7, 11) is 3.21. The molecule has 7 heteroatoms. The number of hydrogen-bond acceptors (Lipinski definition) is 4. The van der Waals surface area contributed by atoms with Crippen LogP contribution in [0.15, 0.2) is 48.5 Å². The van der Waals surface area contributed by atoms with Gasteiger partial charge in [-0.25, -0.2) is 8.78 Å². The van der Waals surface area contributed by atoms with Crippen LogP contribution in [-0.2, 0) is 13.1 Å².